The van der Waals surface area contributed by atoms with Gasteiger partial charge in [0.05, 0.1) is 10.2 Å². The molecule has 2 aromatic heterocycles. The molecule has 1 amide bonds. The smallest absolute Gasteiger partial charge is 0.267 e. The minimum absolute atomic E-state index is 0.324. The fraction of sp³-hybridized carbons (Fsp3) is 0.111. The van der Waals surface area contributed by atoms with Gasteiger partial charge in [-0.3, -0.25) is 9.59 Å². The number of pyridine rings is 1. The molecule has 0 aliphatic carbocycles. The van der Waals surface area contributed by atoms with Crippen molar-refractivity contribution in [2.45, 2.75) is 0 Å². The van der Waals surface area contributed by atoms with Crippen molar-refractivity contribution in [3.8, 4) is 5.75 Å². The fourth-order valence-corrected chi connectivity index (χ4v) is 2.33. The molecule has 0 aliphatic rings. The molecule has 0 saturated carbocycles. The summed E-state index contributed by atoms with van der Waals surface area (Å²) in [5.41, 5.74) is 4.69. The summed E-state index contributed by atoms with van der Waals surface area (Å²) in [6.07, 6.45) is 0. The van der Waals surface area contributed by atoms with Gasteiger partial charge in [0, 0.05) is 7.05 Å². The number of rotatable bonds is 1. The molecule has 0 spiro atoms. The predicted molar refractivity (Wildman–Crippen MR) is 57.2 cm³/mol. The third-order valence-electron chi connectivity index (χ3n) is 2.22. The van der Waals surface area contributed by atoms with E-state index in [2.05, 4.69) is 0 Å². The van der Waals surface area contributed by atoms with Crippen molar-refractivity contribution in [2.75, 3.05) is 0 Å². The highest BCUT2D eigenvalue weighted by atomic mass is 32.1. The first kappa shape index (κ1) is 9.72. The van der Waals surface area contributed by atoms with Crippen LogP contribution in [0.5, 0.6) is 5.75 Å². The molecule has 0 radical (unpaired) electrons. The van der Waals surface area contributed by atoms with Crippen molar-refractivity contribution >= 4 is 27.5 Å². The number of carbonyl (C=O) groups excluding carboxylic acids is 1. The van der Waals surface area contributed by atoms with Crippen molar-refractivity contribution in [1.29, 1.82) is 0 Å². The molecular formula is C9H8N2O3S. The third-order valence-corrected chi connectivity index (χ3v) is 3.13. The number of hydrogen-bond acceptors (Lipinski definition) is 4. The van der Waals surface area contributed by atoms with Gasteiger partial charge in [0.15, 0.2) is 5.75 Å². The highest BCUT2D eigenvalue weighted by molar-refractivity contribution is 7.17. The number of fused-ring (bicyclic) bond motifs is 1. The minimum atomic E-state index is -0.914. The maximum atomic E-state index is 11.6. The van der Waals surface area contributed by atoms with E-state index in [9.17, 15) is 14.7 Å². The summed E-state index contributed by atoms with van der Waals surface area (Å²) in [6.45, 7) is 0. The topological polar surface area (TPSA) is 85.3 Å². The van der Waals surface area contributed by atoms with Gasteiger partial charge in [0.2, 0.25) is 0 Å². The van der Waals surface area contributed by atoms with Crippen LogP contribution in [0, 0.1) is 0 Å². The largest absolute Gasteiger partial charge is 0.505 e. The average molecular weight is 224 g/mol. The van der Waals surface area contributed by atoms with Gasteiger partial charge >= 0.3 is 0 Å². The maximum absolute atomic E-state index is 11.6. The molecule has 0 aliphatic heterocycles. The van der Waals surface area contributed by atoms with Gasteiger partial charge in [-0.2, -0.15) is 0 Å². The van der Waals surface area contributed by atoms with Crippen LogP contribution in [0.25, 0.3) is 10.2 Å². The molecule has 2 aromatic rings. The van der Waals surface area contributed by atoms with E-state index in [-0.39, 0.29) is 11.3 Å². The Morgan fingerprint density at radius 2 is 2.27 bits per heavy atom. The normalized spacial score (nSPS) is 10.7. The Labute approximate surface area is 88.4 Å². The maximum Gasteiger partial charge on any atom is 0.267 e. The van der Waals surface area contributed by atoms with E-state index >= 15 is 0 Å². The van der Waals surface area contributed by atoms with Gasteiger partial charge in [-0.05, 0) is 11.4 Å². The number of carbonyl (C=O) groups is 1. The number of nitrogens with zero attached hydrogens (tertiary/aromatic N) is 1. The lowest BCUT2D eigenvalue weighted by atomic mass is 10.2. The molecule has 0 unspecified atom stereocenters. The van der Waals surface area contributed by atoms with Gasteiger partial charge in [-0.15, -0.1) is 11.3 Å². The molecule has 5 nitrogen and oxygen atoms in total. The fourth-order valence-electron chi connectivity index (χ4n) is 1.46. The first-order valence-corrected chi connectivity index (χ1v) is 5.01. The second-order valence-electron chi connectivity index (χ2n) is 3.09. The lowest BCUT2D eigenvalue weighted by Crippen LogP contribution is -2.28. The standard InChI is InChI=1S/C9H8N2O3S/c1-11-4-2-3-15-7(4)6(12)5(8(10)13)9(11)14/h2-3,12H,1H3,(H2,10,13). The Balaban J connectivity index is 3.05. The molecule has 0 saturated heterocycles. The van der Waals surface area contributed by atoms with Gasteiger partial charge < -0.3 is 15.4 Å². The van der Waals surface area contributed by atoms with Crippen LogP contribution in [0.4, 0.5) is 0 Å². The van der Waals surface area contributed by atoms with Crippen LogP contribution < -0.4 is 11.3 Å². The van der Waals surface area contributed by atoms with Gasteiger partial charge in [-0.25, -0.2) is 0 Å². The second-order valence-corrected chi connectivity index (χ2v) is 4.00. The van der Waals surface area contributed by atoms with E-state index in [0.717, 1.165) is 0 Å². The Kier molecular flexibility index (Phi) is 2.01. The molecule has 2 rings (SSSR count). The molecule has 0 atom stereocenters. The number of nitrogens with two attached hydrogens (primary N) is 1. The molecule has 3 N–H and O–H groups in total. The number of aromatic hydroxyl groups is 1. The lowest BCUT2D eigenvalue weighted by molar-refractivity contribution is 0.0996. The number of hydrogen-bond donors (Lipinski definition) is 2. The summed E-state index contributed by atoms with van der Waals surface area (Å²) in [5, 5.41) is 11.4. The van der Waals surface area contributed by atoms with Gasteiger partial charge in [0.1, 0.15) is 5.56 Å². The minimum Gasteiger partial charge on any atom is -0.505 e. The van der Waals surface area contributed by atoms with E-state index in [1.165, 1.54) is 23.0 Å². The first-order chi connectivity index (χ1) is 7.04. The number of thiophene rings is 1. The molecule has 78 valence electrons. The highest BCUT2D eigenvalue weighted by Gasteiger charge is 2.19. The Morgan fingerprint density at radius 3 is 2.87 bits per heavy atom. The third kappa shape index (κ3) is 1.22. The first-order valence-electron chi connectivity index (χ1n) is 4.13. The van der Waals surface area contributed by atoms with Crippen molar-refractivity contribution in [2.24, 2.45) is 12.8 Å². The molecule has 15 heavy (non-hydrogen) atoms. The van der Waals surface area contributed by atoms with Crippen LogP contribution >= 0.6 is 11.3 Å². The molecule has 0 fully saturated rings. The zero-order valence-electron chi connectivity index (χ0n) is 7.85. The zero-order valence-corrected chi connectivity index (χ0v) is 8.67. The van der Waals surface area contributed by atoms with Crippen LogP contribution in [-0.4, -0.2) is 15.6 Å². The van der Waals surface area contributed by atoms with E-state index in [1.807, 2.05) is 0 Å². The zero-order chi connectivity index (χ0) is 11.2. The van der Waals surface area contributed by atoms with Crippen molar-refractivity contribution in [3.63, 3.8) is 0 Å². The lowest BCUT2D eigenvalue weighted by Gasteiger charge is -2.05. The van der Waals surface area contributed by atoms with Crippen molar-refractivity contribution < 1.29 is 9.90 Å². The van der Waals surface area contributed by atoms with Crippen LogP contribution in [0.1, 0.15) is 10.4 Å². The van der Waals surface area contributed by atoms with Gasteiger partial charge in [-0.1, -0.05) is 0 Å². The summed E-state index contributed by atoms with van der Waals surface area (Å²) < 4.78 is 1.79. The Morgan fingerprint density at radius 1 is 1.60 bits per heavy atom. The van der Waals surface area contributed by atoms with Crippen LogP contribution in [0.3, 0.4) is 0 Å². The Bertz CT molecular complexity index is 612. The SMILES string of the molecule is Cn1c(=O)c(C(N)=O)c(O)c2sccc21. The summed E-state index contributed by atoms with van der Waals surface area (Å²) in [6, 6.07) is 1.70. The quantitative estimate of drug-likeness (QED) is 0.735. The van der Waals surface area contributed by atoms with E-state index in [4.69, 9.17) is 5.73 Å². The predicted octanol–water partition coefficient (Wildman–Crippen LogP) is 0.404. The molecule has 0 bridgehead atoms. The van der Waals surface area contributed by atoms with Crippen molar-refractivity contribution in [1.82, 2.24) is 4.57 Å². The van der Waals surface area contributed by atoms with E-state index < -0.39 is 11.5 Å². The number of primary amides is 1. The monoisotopic (exact) mass is 224 g/mol. The molecule has 6 heteroatoms. The highest BCUT2D eigenvalue weighted by Crippen LogP contribution is 2.30. The number of aryl methyl sites for hydroxylation is 1. The molecule has 2 heterocycles. The summed E-state index contributed by atoms with van der Waals surface area (Å²) in [7, 11) is 1.53. The number of amides is 1. The number of aromatic nitrogens is 1. The molecule has 0 aromatic carbocycles. The van der Waals surface area contributed by atoms with Crippen molar-refractivity contribution in [3.05, 3.63) is 27.4 Å². The summed E-state index contributed by atoms with van der Waals surface area (Å²) >= 11 is 1.25. The average Bonchev–Trinajstić information content (AvgIpc) is 2.62. The van der Waals surface area contributed by atoms with Gasteiger partial charge in [0.25, 0.3) is 11.5 Å². The second kappa shape index (κ2) is 3.09. The summed E-state index contributed by atoms with van der Waals surface area (Å²) in [5.74, 6) is -1.24. The van der Waals surface area contributed by atoms with Crippen LogP contribution in [-0.2, 0) is 7.05 Å². The van der Waals surface area contributed by atoms with E-state index in [1.54, 1.807) is 11.4 Å². The van der Waals surface area contributed by atoms with Crippen LogP contribution in [0.15, 0.2) is 16.2 Å². The summed E-state index contributed by atoms with van der Waals surface area (Å²) in [4.78, 5) is 22.7. The Hall–Kier alpha value is -1.82. The molecular weight excluding hydrogens is 216 g/mol. The van der Waals surface area contributed by atoms with Crippen LogP contribution in [0.2, 0.25) is 0 Å². The van der Waals surface area contributed by atoms with E-state index in [0.29, 0.717) is 10.2 Å².